The van der Waals surface area contributed by atoms with Gasteiger partial charge in [-0.2, -0.15) is 0 Å². The third kappa shape index (κ3) is 1.56. The van der Waals surface area contributed by atoms with Crippen molar-refractivity contribution >= 4 is 0 Å². The van der Waals surface area contributed by atoms with E-state index in [0.717, 1.165) is 0 Å². The fourth-order valence-electron chi connectivity index (χ4n) is 2.21. The third-order valence-corrected chi connectivity index (χ3v) is 3.03. The van der Waals surface area contributed by atoms with Crippen molar-refractivity contribution < 1.29 is 0 Å². The Balaban J connectivity index is 2.07. The highest BCUT2D eigenvalue weighted by Crippen LogP contribution is 2.28. The highest BCUT2D eigenvalue weighted by Gasteiger charge is 2.11. The average molecular weight is 193 g/mol. The van der Waals surface area contributed by atoms with Crippen molar-refractivity contribution in [2.75, 3.05) is 0 Å². The van der Waals surface area contributed by atoms with E-state index in [0.29, 0.717) is 0 Å². The van der Waals surface area contributed by atoms with E-state index in [9.17, 15) is 0 Å². The number of hydrogen-bond donors (Lipinski definition) is 0. The Morgan fingerprint density at radius 2 is 1.67 bits per heavy atom. The highest BCUT2D eigenvalue weighted by molar-refractivity contribution is 5.65. The van der Waals surface area contributed by atoms with Crippen LogP contribution in [0.1, 0.15) is 17.5 Å². The van der Waals surface area contributed by atoms with E-state index in [1.165, 1.54) is 35.1 Å². The largest absolute Gasteiger partial charge is 0.0622 e. The summed E-state index contributed by atoms with van der Waals surface area (Å²) in [6.07, 6.45) is 4.73. The lowest BCUT2D eigenvalue weighted by atomic mass is 10.0. The highest BCUT2D eigenvalue weighted by atomic mass is 14.2. The molecule has 0 aliphatic heterocycles. The zero-order valence-electron chi connectivity index (χ0n) is 8.61. The molecule has 0 atom stereocenters. The summed E-state index contributed by atoms with van der Waals surface area (Å²) in [7, 11) is 0. The number of rotatable bonds is 1. The molecule has 0 N–H and O–H groups in total. The van der Waals surface area contributed by atoms with Crippen LogP contribution in [-0.4, -0.2) is 0 Å². The number of benzene rings is 2. The summed E-state index contributed by atoms with van der Waals surface area (Å²) in [5, 5.41) is 0. The monoisotopic (exact) mass is 193 g/mol. The average Bonchev–Trinajstić information content (AvgIpc) is 2.77. The van der Waals surface area contributed by atoms with Crippen molar-refractivity contribution in [2.24, 2.45) is 0 Å². The minimum absolute atomic E-state index is 1.20. The Morgan fingerprint density at radius 3 is 2.53 bits per heavy atom. The molecule has 2 aromatic rings. The molecule has 0 unspecified atom stereocenters. The number of aryl methyl sites for hydroxylation is 1. The van der Waals surface area contributed by atoms with Crippen LogP contribution in [0.3, 0.4) is 0 Å². The first kappa shape index (κ1) is 8.72. The summed E-state index contributed by atoms with van der Waals surface area (Å²) in [5.74, 6) is 0. The molecule has 0 bridgehead atoms. The van der Waals surface area contributed by atoms with Crippen LogP contribution < -0.4 is 0 Å². The first-order valence-electron chi connectivity index (χ1n) is 5.45. The molecule has 0 heterocycles. The van der Waals surface area contributed by atoms with Crippen LogP contribution >= 0.6 is 0 Å². The smallest absolute Gasteiger partial charge is 0.00870 e. The molecular formula is C15H13. The molecule has 1 radical (unpaired) electrons. The van der Waals surface area contributed by atoms with Crippen molar-refractivity contribution in [3.8, 4) is 11.1 Å². The standard InChI is InChI=1S/C15H13/c1-2-5-12(6-3-1)15-10-9-13-7-4-8-14(13)11-15/h1-3,5-7,9-11H,4,8H2. The van der Waals surface area contributed by atoms with E-state index < -0.39 is 0 Å². The lowest BCUT2D eigenvalue weighted by Gasteiger charge is -2.04. The Morgan fingerprint density at radius 1 is 0.800 bits per heavy atom. The second kappa shape index (κ2) is 3.54. The summed E-state index contributed by atoms with van der Waals surface area (Å²) in [4.78, 5) is 0. The van der Waals surface area contributed by atoms with Crippen LogP contribution in [0.15, 0.2) is 48.5 Å². The van der Waals surface area contributed by atoms with Crippen LogP contribution in [0, 0.1) is 6.42 Å². The van der Waals surface area contributed by atoms with Gasteiger partial charge in [-0.15, -0.1) is 0 Å². The van der Waals surface area contributed by atoms with E-state index in [-0.39, 0.29) is 0 Å². The van der Waals surface area contributed by atoms with Gasteiger partial charge in [-0.3, -0.25) is 0 Å². The van der Waals surface area contributed by atoms with Gasteiger partial charge in [0.1, 0.15) is 0 Å². The fourth-order valence-corrected chi connectivity index (χ4v) is 2.21. The summed E-state index contributed by atoms with van der Waals surface area (Å²) >= 11 is 0. The number of fused-ring (bicyclic) bond motifs is 1. The van der Waals surface area contributed by atoms with Gasteiger partial charge >= 0.3 is 0 Å². The van der Waals surface area contributed by atoms with E-state index in [4.69, 9.17) is 0 Å². The minimum Gasteiger partial charge on any atom is -0.0622 e. The Labute approximate surface area is 90.6 Å². The van der Waals surface area contributed by atoms with Crippen LogP contribution in [0.4, 0.5) is 0 Å². The second-order valence-corrected chi connectivity index (χ2v) is 4.02. The molecule has 0 aromatic heterocycles. The molecule has 3 rings (SSSR count). The topological polar surface area (TPSA) is 0 Å². The second-order valence-electron chi connectivity index (χ2n) is 4.02. The summed E-state index contributed by atoms with van der Waals surface area (Å²) in [6.45, 7) is 0. The molecule has 2 aromatic carbocycles. The first-order chi connectivity index (χ1) is 7.43. The molecule has 73 valence electrons. The first-order valence-corrected chi connectivity index (χ1v) is 5.45. The molecule has 0 nitrogen and oxygen atoms in total. The maximum Gasteiger partial charge on any atom is -0.00870 e. The van der Waals surface area contributed by atoms with Crippen molar-refractivity contribution in [2.45, 2.75) is 12.8 Å². The normalized spacial score (nSPS) is 13.9. The van der Waals surface area contributed by atoms with Crippen molar-refractivity contribution in [1.82, 2.24) is 0 Å². The van der Waals surface area contributed by atoms with Gasteiger partial charge < -0.3 is 0 Å². The quantitative estimate of drug-likeness (QED) is 0.645. The molecule has 0 amide bonds. The molecule has 15 heavy (non-hydrogen) atoms. The van der Waals surface area contributed by atoms with Gasteiger partial charge in [0.15, 0.2) is 0 Å². The zero-order valence-corrected chi connectivity index (χ0v) is 8.61. The van der Waals surface area contributed by atoms with Gasteiger partial charge in [0.2, 0.25) is 0 Å². The third-order valence-electron chi connectivity index (χ3n) is 3.03. The van der Waals surface area contributed by atoms with Crippen LogP contribution in [0.5, 0.6) is 0 Å². The van der Waals surface area contributed by atoms with Gasteiger partial charge in [0, 0.05) is 0 Å². The van der Waals surface area contributed by atoms with Crippen LogP contribution in [0.25, 0.3) is 11.1 Å². The van der Waals surface area contributed by atoms with Crippen LogP contribution in [0.2, 0.25) is 0 Å². The number of hydrogen-bond acceptors (Lipinski definition) is 0. The van der Waals surface area contributed by atoms with Gasteiger partial charge in [-0.05, 0) is 41.5 Å². The molecule has 0 fully saturated rings. The Bertz CT molecular complexity index is 469. The molecule has 0 heteroatoms. The summed E-state index contributed by atoms with van der Waals surface area (Å²) in [6, 6.07) is 17.4. The molecule has 1 aliphatic rings. The maximum absolute atomic E-state index is 2.33. The summed E-state index contributed by atoms with van der Waals surface area (Å²) in [5.41, 5.74) is 5.57. The predicted octanol–water partition coefficient (Wildman–Crippen LogP) is 3.85. The molecule has 0 saturated carbocycles. The van der Waals surface area contributed by atoms with Crippen molar-refractivity contribution in [3.05, 3.63) is 66.1 Å². The predicted molar refractivity (Wildman–Crippen MR) is 63.6 cm³/mol. The van der Waals surface area contributed by atoms with Gasteiger partial charge in [0.25, 0.3) is 0 Å². The molecule has 0 spiro atoms. The Kier molecular flexibility index (Phi) is 2.06. The SMILES string of the molecule is [CH]1CCc2cc(-c3ccccc3)ccc21. The lowest BCUT2D eigenvalue weighted by molar-refractivity contribution is 1.03. The van der Waals surface area contributed by atoms with Gasteiger partial charge in [-0.1, -0.05) is 48.5 Å². The van der Waals surface area contributed by atoms with E-state index in [1.807, 2.05) is 0 Å². The van der Waals surface area contributed by atoms with Crippen LogP contribution in [-0.2, 0) is 6.42 Å². The van der Waals surface area contributed by atoms with Gasteiger partial charge in [-0.25, -0.2) is 0 Å². The van der Waals surface area contributed by atoms with E-state index >= 15 is 0 Å². The van der Waals surface area contributed by atoms with Crippen molar-refractivity contribution in [1.29, 1.82) is 0 Å². The van der Waals surface area contributed by atoms with Crippen molar-refractivity contribution in [3.63, 3.8) is 0 Å². The fraction of sp³-hybridized carbons (Fsp3) is 0.133. The minimum atomic E-state index is 1.20. The Hall–Kier alpha value is -1.56. The molecule has 1 aliphatic carbocycles. The lowest BCUT2D eigenvalue weighted by Crippen LogP contribution is -1.83. The molecule has 0 saturated heterocycles. The summed E-state index contributed by atoms with van der Waals surface area (Å²) < 4.78 is 0. The molecular weight excluding hydrogens is 180 g/mol. The van der Waals surface area contributed by atoms with E-state index in [1.54, 1.807) is 0 Å². The van der Waals surface area contributed by atoms with E-state index in [2.05, 4.69) is 55.0 Å². The van der Waals surface area contributed by atoms with Gasteiger partial charge in [0.05, 0.1) is 0 Å². The maximum atomic E-state index is 2.33. The zero-order chi connectivity index (χ0) is 10.1.